The van der Waals surface area contributed by atoms with Gasteiger partial charge in [0.15, 0.2) is 0 Å². The zero-order chi connectivity index (χ0) is 20.8. The Morgan fingerprint density at radius 3 is 2.61 bits per heavy atom. The van der Waals surface area contributed by atoms with E-state index in [1.807, 2.05) is 88.4 Å². The third-order valence-electron chi connectivity index (χ3n) is 5.90. The van der Waals surface area contributed by atoms with Crippen LogP contribution in [0.5, 0.6) is 5.75 Å². The number of rotatable bonds is 5. The maximum absolute atomic E-state index is 13.1. The Labute approximate surface area is 180 Å². The van der Waals surface area contributed by atoms with E-state index in [1.54, 1.807) is 0 Å². The summed E-state index contributed by atoms with van der Waals surface area (Å²) in [6.45, 7) is 0.406. The van der Waals surface area contributed by atoms with E-state index in [9.17, 15) is 4.79 Å². The van der Waals surface area contributed by atoms with Gasteiger partial charge in [0.1, 0.15) is 24.2 Å². The maximum Gasteiger partial charge on any atom is 0.258 e. The Morgan fingerprint density at radius 2 is 1.81 bits per heavy atom. The van der Waals surface area contributed by atoms with Crippen molar-refractivity contribution in [3.05, 3.63) is 95.9 Å². The molecule has 2 aliphatic rings. The fraction of sp³-hybridized carbons (Fsp3) is 0.200. The van der Waals surface area contributed by atoms with Crippen molar-refractivity contribution < 1.29 is 9.53 Å². The van der Waals surface area contributed by atoms with Crippen molar-refractivity contribution in [1.82, 2.24) is 14.3 Å². The first-order valence-electron chi connectivity index (χ1n) is 10.6. The third kappa shape index (κ3) is 3.30. The summed E-state index contributed by atoms with van der Waals surface area (Å²) in [5.41, 5.74) is 4.48. The highest BCUT2D eigenvalue weighted by molar-refractivity contribution is 6.02. The minimum atomic E-state index is -0.164. The fourth-order valence-electron chi connectivity index (χ4n) is 4.20. The number of hydrogen-bond acceptors (Lipinski definition) is 4. The van der Waals surface area contributed by atoms with Gasteiger partial charge in [-0.3, -0.25) is 4.79 Å². The van der Waals surface area contributed by atoms with Gasteiger partial charge in [-0.05, 0) is 54.8 Å². The predicted molar refractivity (Wildman–Crippen MR) is 118 cm³/mol. The average Bonchev–Trinajstić information content (AvgIpc) is 3.56. The molecule has 6 rings (SSSR count). The van der Waals surface area contributed by atoms with Crippen LogP contribution in [0.1, 0.15) is 40.6 Å². The van der Waals surface area contributed by atoms with E-state index in [-0.39, 0.29) is 12.1 Å². The average molecular weight is 410 g/mol. The molecular weight excluding hydrogens is 388 g/mol. The predicted octanol–water partition coefficient (Wildman–Crippen LogP) is 4.64. The first-order valence-corrected chi connectivity index (χ1v) is 10.6. The number of anilines is 1. The lowest BCUT2D eigenvalue weighted by molar-refractivity contribution is 0.0666. The molecule has 0 saturated heterocycles. The topological polar surface area (TPSA) is 58.9 Å². The van der Waals surface area contributed by atoms with Crippen LogP contribution in [-0.4, -0.2) is 26.2 Å². The molecule has 1 saturated carbocycles. The van der Waals surface area contributed by atoms with Gasteiger partial charge in [0.25, 0.3) is 5.91 Å². The maximum atomic E-state index is 13.1. The molecule has 31 heavy (non-hydrogen) atoms. The van der Waals surface area contributed by atoms with Crippen LogP contribution in [0, 0.1) is 0 Å². The summed E-state index contributed by atoms with van der Waals surface area (Å²) in [6.07, 6.45) is 5.91. The summed E-state index contributed by atoms with van der Waals surface area (Å²) in [6, 6.07) is 22.0. The fourth-order valence-corrected chi connectivity index (χ4v) is 4.20. The van der Waals surface area contributed by atoms with Crippen LogP contribution < -0.4 is 10.1 Å². The van der Waals surface area contributed by atoms with Crippen molar-refractivity contribution in [2.24, 2.45) is 0 Å². The van der Waals surface area contributed by atoms with E-state index < -0.39 is 0 Å². The van der Waals surface area contributed by atoms with E-state index in [0.717, 1.165) is 46.7 Å². The summed E-state index contributed by atoms with van der Waals surface area (Å²) in [7, 11) is 0. The minimum Gasteiger partial charge on any atom is -0.487 e. The zero-order valence-corrected chi connectivity index (χ0v) is 16.9. The smallest absolute Gasteiger partial charge is 0.258 e. The van der Waals surface area contributed by atoms with Gasteiger partial charge in [0.05, 0.1) is 11.3 Å². The molecule has 1 N–H and O–H groups in total. The summed E-state index contributed by atoms with van der Waals surface area (Å²) >= 11 is 0. The highest BCUT2D eigenvalue weighted by atomic mass is 16.5. The monoisotopic (exact) mass is 410 g/mol. The molecule has 2 aromatic heterocycles. The first kappa shape index (κ1) is 18.0. The van der Waals surface area contributed by atoms with Crippen molar-refractivity contribution in [2.75, 3.05) is 5.32 Å². The molecule has 0 radical (unpaired) electrons. The molecule has 1 atom stereocenters. The third-order valence-corrected chi connectivity index (χ3v) is 5.90. The second-order valence-corrected chi connectivity index (χ2v) is 8.09. The van der Waals surface area contributed by atoms with Crippen molar-refractivity contribution in [1.29, 1.82) is 0 Å². The summed E-state index contributed by atoms with van der Waals surface area (Å²) in [5, 5.41) is 3.56. The molecular formula is C25H22N4O2. The number of carbonyl (C=O) groups excluding carboxylic acids is 1. The summed E-state index contributed by atoms with van der Waals surface area (Å²) in [5.74, 6) is 0.885. The van der Waals surface area contributed by atoms with Gasteiger partial charge in [0.2, 0.25) is 0 Å². The number of fused-ring (bicyclic) bond motifs is 2. The Balaban J connectivity index is 1.21. The largest absolute Gasteiger partial charge is 0.487 e. The summed E-state index contributed by atoms with van der Waals surface area (Å²) < 4.78 is 7.94. The molecule has 2 aromatic carbocycles. The number of imidazole rings is 1. The number of benzene rings is 2. The van der Waals surface area contributed by atoms with Crippen LogP contribution in [-0.2, 0) is 6.61 Å². The van der Waals surface area contributed by atoms with E-state index in [2.05, 4.69) is 10.3 Å². The molecule has 1 amide bonds. The van der Waals surface area contributed by atoms with Gasteiger partial charge in [0, 0.05) is 24.1 Å². The highest BCUT2D eigenvalue weighted by Gasteiger charge is 2.41. The lowest BCUT2D eigenvalue weighted by Gasteiger charge is -2.38. The van der Waals surface area contributed by atoms with Crippen LogP contribution in [0.25, 0.3) is 5.65 Å². The van der Waals surface area contributed by atoms with E-state index in [4.69, 9.17) is 4.74 Å². The van der Waals surface area contributed by atoms with Crippen molar-refractivity contribution in [3.63, 3.8) is 0 Å². The number of carbonyl (C=O) groups is 1. The number of hydrogen-bond donors (Lipinski definition) is 1. The number of ether oxygens (including phenoxy) is 1. The van der Waals surface area contributed by atoms with Gasteiger partial charge >= 0.3 is 0 Å². The molecule has 1 unspecified atom stereocenters. The number of para-hydroxylation sites is 1. The Bertz CT molecular complexity index is 1230. The molecule has 1 fully saturated rings. The molecule has 6 nitrogen and oxygen atoms in total. The van der Waals surface area contributed by atoms with Crippen LogP contribution in [0.2, 0.25) is 0 Å². The van der Waals surface area contributed by atoms with Gasteiger partial charge in [-0.15, -0.1) is 0 Å². The Kier molecular flexibility index (Phi) is 4.16. The molecule has 1 aliphatic carbocycles. The highest BCUT2D eigenvalue weighted by Crippen LogP contribution is 2.40. The second kappa shape index (κ2) is 7.16. The molecule has 1 aliphatic heterocycles. The molecule has 0 spiro atoms. The minimum absolute atomic E-state index is 0.106. The normalized spacial score (nSPS) is 18.0. The van der Waals surface area contributed by atoms with Gasteiger partial charge in [-0.2, -0.15) is 0 Å². The lowest BCUT2D eigenvalue weighted by atomic mass is 10.0. The number of nitrogens with zero attached hydrogens (tertiary/aromatic N) is 3. The number of pyridine rings is 1. The van der Waals surface area contributed by atoms with Crippen LogP contribution in [0.3, 0.4) is 0 Å². The van der Waals surface area contributed by atoms with Crippen molar-refractivity contribution in [3.8, 4) is 5.75 Å². The molecule has 6 heteroatoms. The van der Waals surface area contributed by atoms with Gasteiger partial charge in [-0.1, -0.05) is 30.3 Å². The standard InChI is InChI=1S/C25H22N4O2/c30-25-21-5-1-2-6-22(21)27-24(29(25)19-10-11-19)17-8-12-20(13-9-17)31-16-18-15-28-14-4-3-7-23(28)26-18/h1-9,12-15,19,24,27H,10-11,16H2. The van der Waals surface area contributed by atoms with E-state index in [0.29, 0.717) is 12.6 Å². The van der Waals surface area contributed by atoms with Crippen molar-refractivity contribution >= 4 is 17.2 Å². The van der Waals surface area contributed by atoms with Crippen LogP contribution >= 0.6 is 0 Å². The molecule has 4 aromatic rings. The van der Waals surface area contributed by atoms with Crippen LogP contribution in [0.15, 0.2) is 79.1 Å². The van der Waals surface area contributed by atoms with Crippen LogP contribution in [0.4, 0.5) is 5.69 Å². The first-order chi connectivity index (χ1) is 15.3. The molecule has 154 valence electrons. The zero-order valence-electron chi connectivity index (χ0n) is 16.9. The molecule has 3 heterocycles. The SMILES string of the molecule is O=C1c2ccccc2NC(c2ccc(OCc3cn4ccccc4n3)cc2)N1C1CC1. The number of amides is 1. The van der Waals surface area contributed by atoms with E-state index in [1.165, 1.54) is 0 Å². The van der Waals surface area contributed by atoms with E-state index >= 15 is 0 Å². The van der Waals surface area contributed by atoms with Gasteiger partial charge < -0.3 is 19.4 Å². The Hall–Kier alpha value is -3.80. The van der Waals surface area contributed by atoms with Crippen molar-refractivity contribution in [2.45, 2.75) is 31.7 Å². The quantitative estimate of drug-likeness (QED) is 0.521. The Morgan fingerprint density at radius 1 is 1.00 bits per heavy atom. The number of nitrogens with one attached hydrogen (secondary N) is 1. The van der Waals surface area contributed by atoms with Gasteiger partial charge in [-0.25, -0.2) is 4.98 Å². The lowest BCUT2D eigenvalue weighted by Crippen LogP contribution is -2.44. The second-order valence-electron chi connectivity index (χ2n) is 8.09. The summed E-state index contributed by atoms with van der Waals surface area (Å²) in [4.78, 5) is 19.7. The molecule has 0 bridgehead atoms. The number of aromatic nitrogens is 2.